The molecular formula is C19H15N5O4. The molecule has 0 amide bonds. The third kappa shape index (κ3) is 3.14. The molecule has 0 aliphatic carbocycles. The largest absolute Gasteiger partial charge is 0.356 e. The van der Waals surface area contributed by atoms with Gasteiger partial charge in [-0.3, -0.25) is 20.2 Å². The number of nitriles is 1. The zero-order valence-corrected chi connectivity index (χ0v) is 15.0. The van der Waals surface area contributed by atoms with Crippen LogP contribution in [0.1, 0.15) is 16.7 Å². The van der Waals surface area contributed by atoms with E-state index in [1.165, 1.54) is 18.3 Å². The maximum Gasteiger partial charge on any atom is 0.293 e. The second-order valence-electron chi connectivity index (χ2n) is 6.15. The number of H-pyrrole nitrogens is 2. The molecule has 4 rings (SSSR count). The number of nitrogens with one attached hydrogen (secondary N) is 2. The van der Waals surface area contributed by atoms with Gasteiger partial charge in [0, 0.05) is 35.3 Å². The molecule has 2 heterocycles. The number of aromatic amines is 2. The first-order chi connectivity index (χ1) is 13.3. The zero-order chi connectivity index (χ0) is 20.4. The summed E-state index contributed by atoms with van der Waals surface area (Å²) in [5.74, 6) is 0. The van der Waals surface area contributed by atoms with Crippen LogP contribution in [-0.4, -0.2) is 19.8 Å². The van der Waals surface area contributed by atoms with E-state index in [0.29, 0.717) is 22.0 Å². The molecule has 0 aliphatic rings. The number of fused-ring (bicyclic) bond motifs is 2. The molecule has 0 aliphatic heterocycles. The van der Waals surface area contributed by atoms with Gasteiger partial charge in [0.2, 0.25) is 0 Å². The molecule has 0 spiro atoms. The van der Waals surface area contributed by atoms with E-state index in [2.05, 4.69) is 9.97 Å². The van der Waals surface area contributed by atoms with Gasteiger partial charge in [0.25, 0.3) is 11.4 Å². The van der Waals surface area contributed by atoms with E-state index in [4.69, 9.17) is 5.26 Å². The number of aromatic nitrogens is 2. The molecule has 0 radical (unpaired) electrons. The van der Waals surface area contributed by atoms with Crippen molar-refractivity contribution in [2.24, 2.45) is 0 Å². The molecule has 9 heteroatoms. The molecule has 140 valence electrons. The molecule has 9 nitrogen and oxygen atoms in total. The van der Waals surface area contributed by atoms with E-state index in [0.717, 1.165) is 16.5 Å². The van der Waals surface area contributed by atoms with Crippen LogP contribution >= 0.6 is 0 Å². The van der Waals surface area contributed by atoms with Crippen molar-refractivity contribution in [3.8, 4) is 6.07 Å². The summed E-state index contributed by atoms with van der Waals surface area (Å²) in [7, 11) is 0. The monoisotopic (exact) mass is 377 g/mol. The van der Waals surface area contributed by atoms with Gasteiger partial charge in [0.05, 0.1) is 15.4 Å². The smallest absolute Gasteiger partial charge is 0.293 e. The van der Waals surface area contributed by atoms with Crippen LogP contribution in [0.5, 0.6) is 0 Å². The van der Waals surface area contributed by atoms with Crippen molar-refractivity contribution in [2.75, 3.05) is 0 Å². The van der Waals surface area contributed by atoms with Gasteiger partial charge in [-0.15, -0.1) is 0 Å². The fraction of sp³-hybridized carbons (Fsp3) is 0.105. The fourth-order valence-electron chi connectivity index (χ4n) is 3.09. The van der Waals surface area contributed by atoms with Gasteiger partial charge in [-0.1, -0.05) is 12.1 Å². The molecule has 0 unspecified atom stereocenters. The summed E-state index contributed by atoms with van der Waals surface area (Å²) < 4.78 is 0. The summed E-state index contributed by atoms with van der Waals surface area (Å²) >= 11 is 0. The summed E-state index contributed by atoms with van der Waals surface area (Å²) in [6.07, 6.45) is 3.20. The Kier molecular flexibility index (Phi) is 4.78. The summed E-state index contributed by atoms with van der Waals surface area (Å²) in [5, 5.41) is 31.7. The first kappa shape index (κ1) is 18.6. The van der Waals surface area contributed by atoms with Crippen LogP contribution in [-0.2, 0) is 0 Å². The Hall–Kier alpha value is -4.19. The third-order valence-corrected chi connectivity index (χ3v) is 4.45. The highest BCUT2D eigenvalue weighted by atomic mass is 16.6. The van der Waals surface area contributed by atoms with Gasteiger partial charge >= 0.3 is 0 Å². The summed E-state index contributed by atoms with van der Waals surface area (Å²) in [6.45, 7) is 3.75. The van der Waals surface area contributed by atoms with E-state index in [1.54, 1.807) is 18.3 Å². The average molecular weight is 377 g/mol. The van der Waals surface area contributed by atoms with E-state index < -0.39 is 4.92 Å². The number of nitrogens with zero attached hydrogens (tertiary/aromatic N) is 3. The Bertz CT molecular complexity index is 1260. The molecule has 2 aromatic carbocycles. The van der Waals surface area contributed by atoms with Crippen molar-refractivity contribution < 1.29 is 9.85 Å². The summed E-state index contributed by atoms with van der Waals surface area (Å²) in [5.41, 5.74) is 3.48. The first-order valence-corrected chi connectivity index (χ1v) is 8.21. The highest BCUT2D eigenvalue weighted by Gasteiger charge is 2.17. The molecule has 0 atom stereocenters. The Balaban J connectivity index is 0.000000162. The second kappa shape index (κ2) is 7.20. The van der Waals surface area contributed by atoms with Crippen LogP contribution in [0.25, 0.3) is 21.8 Å². The standard InChI is InChI=1S/C10H7N3O2.C9H8N2O2/c1-6-2-3-8(13(14)15)10-9(6)7(4-11)5-12-10;1-6-2-3-8(11(12)13)9-7(6)4-5-10-9/h2-3,5,12H,1H3;2-5,10H,1H3. The number of non-ortho nitro benzene ring substituents is 2. The van der Waals surface area contributed by atoms with Crippen molar-refractivity contribution in [1.29, 1.82) is 5.26 Å². The molecular weight excluding hydrogens is 362 g/mol. The quantitative estimate of drug-likeness (QED) is 0.386. The van der Waals surface area contributed by atoms with Crippen LogP contribution < -0.4 is 0 Å². The number of aryl methyl sites for hydroxylation is 2. The highest BCUT2D eigenvalue weighted by Crippen LogP contribution is 2.29. The van der Waals surface area contributed by atoms with Crippen molar-refractivity contribution in [3.05, 3.63) is 79.6 Å². The molecule has 0 saturated heterocycles. The Labute approximate surface area is 158 Å². The van der Waals surface area contributed by atoms with Gasteiger partial charge in [-0.05, 0) is 31.0 Å². The zero-order valence-electron chi connectivity index (χ0n) is 15.0. The SMILES string of the molecule is Cc1ccc([N+](=O)[O-])c2[nH]cc(C#N)c12.Cc1ccc([N+](=O)[O-])c2[nH]ccc12. The lowest BCUT2D eigenvalue weighted by atomic mass is 10.1. The van der Waals surface area contributed by atoms with Gasteiger partial charge < -0.3 is 9.97 Å². The number of hydrogen-bond donors (Lipinski definition) is 2. The Morgan fingerprint density at radius 2 is 1.50 bits per heavy atom. The minimum atomic E-state index is -0.459. The van der Waals surface area contributed by atoms with Crippen molar-refractivity contribution >= 4 is 33.2 Å². The molecule has 4 aromatic rings. The summed E-state index contributed by atoms with van der Waals surface area (Å²) in [6, 6.07) is 10.2. The molecule has 28 heavy (non-hydrogen) atoms. The van der Waals surface area contributed by atoms with Crippen LogP contribution in [0.3, 0.4) is 0 Å². The predicted molar refractivity (Wildman–Crippen MR) is 104 cm³/mol. The van der Waals surface area contributed by atoms with Crippen LogP contribution in [0.2, 0.25) is 0 Å². The third-order valence-electron chi connectivity index (χ3n) is 4.45. The molecule has 0 saturated carbocycles. The lowest BCUT2D eigenvalue weighted by molar-refractivity contribution is -0.383. The van der Waals surface area contributed by atoms with Crippen molar-refractivity contribution in [1.82, 2.24) is 9.97 Å². The molecule has 2 aromatic heterocycles. The van der Waals surface area contributed by atoms with Crippen molar-refractivity contribution in [2.45, 2.75) is 13.8 Å². The van der Waals surface area contributed by atoms with Gasteiger partial charge in [0.15, 0.2) is 0 Å². The Morgan fingerprint density at radius 1 is 0.893 bits per heavy atom. The second-order valence-corrected chi connectivity index (χ2v) is 6.15. The van der Waals surface area contributed by atoms with E-state index >= 15 is 0 Å². The normalized spacial score (nSPS) is 10.3. The molecule has 0 fully saturated rings. The number of hydrogen-bond acceptors (Lipinski definition) is 5. The van der Waals surface area contributed by atoms with E-state index in [9.17, 15) is 20.2 Å². The Morgan fingerprint density at radius 3 is 2.11 bits per heavy atom. The van der Waals surface area contributed by atoms with Crippen LogP contribution in [0, 0.1) is 45.4 Å². The highest BCUT2D eigenvalue weighted by molar-refractivity contribution is 5.94. The topological polar surface area (TPSA) is 142 Å². The van der Waals surface area contributed by atoms with E-state index in [-0.39, 0.29) is 16.3 Å². The fourth-order valence-corrected chi connectivity index (χ4v) is 3.09. The average Bonchev–Trinajstić information content (AvgIpc) is 3.30. The maximum absolute atomic E-state index is 10.7. The predicted octanol–water partition coefficient (Wildman–Crippen LogP) is 4.64. The van der Waals surface area contributed by atoms with Gasteiger partial charge in [0.1, 0.15) is 17.1 Å². The van der Waals surface area contributed by atoms with Crippen molar-refractivity contribution in [3.63, 3.8) is 0 Å². The first-order valence-electron chi connectivity index (χ1n) is 8.21. The van der Waals surface area contributed by atoms with Crippen LogP contribution in [0.4, 0.5) is 11.4 Å². The minimum Gasteiger partial charge on any atom is -0.356 e. The maximum atomic E-state index is 10.7. The van der Waals surface area contributed by atoms with E-state index in [1.807, 2.05) is 26.0 Å². The number of nitro benzene ring substituents is 2. The van der Waals surface area contributed by atoms with Gasteiger partial charge in [-0.25, -0.2) is 0 Å². The molecule has 2 N–H and O–H groups in total. The van der Waals surface area contributed by atoms with Gasteiger partial charge in [-0.2, -0.15) is 5.26 Å². The number of nitro groups is 2. The lowest BCUT2D eigenvalue weighted by Crippen LogP contribution is -1.90. The number of rotatable bonds is 2. The summed E-state index contributed by atoms with van der Waals surface area (Å²) in [4.78, 5) is 26.1. The molecule has 0 bridgehead atoms. The number of benzene rings is 2. The van der Waals surface area contributed by atoms with Crippen LogP contribution in [0.15, 0.2) is 42.7 Å². The minimum absolute atomic E-state index is 0.00269. The lowest BCUT2D eigenvalue weighted by Gasteiger charge is -1.97.